The van der Waals surface area contributed by atoms with Crippen LogP contribution in [-0.2, 0) is 16.4 Å². The third-order valence-electron chi connectivity index (χ3n) is 2.64. The normalized spacial score (nSPS) is 23.4. The molecule has 1 aliphatic rings. The van der Waals surface area contributed by atoms with Gasteiger partial charge in [0.05, 0.1) is 17.2 Å². The van der Waals surface area contributed by atoms with Crippen molar-refractivity contribution in [2.24, 2.45) is 5.73 Å². The van der Waals surface area contributed by atoms with E-state index in [4.69, 9.17) is 5.73 Å². The first kappa shape index (κ1) is 11.3. The molecule has 7 heteroatoms. The third kappa shape index (κ3) is 2.30. The maximum absolute atomic E-state index is 11.3. The van der Waals surface area contributed by atoms with E-state index in [0.717, 1.165) is 0 Å². The number of nitrogens with zero attached hydrogens (tertiary/aromatic N) is 1. The molecule has 0 aliphatic carbocycles. The highest BCUT2D eigenvalue weighted by molar-refractivity contribution is 7.91. The average Bonchev–Trinajstić information content (AvgIpc) is 2.58. The molecule has 2 heterocycles. The minimum atomic E-state index is -2.97. The van der Waals surface area contributed by atoms with Crippen LogP contribution in [0.2, 0.25) is 0 Å². The molecule has 16 heavy (non-hydrogen) atoms. The van der Waals surface area contributed by atoms with Gasteiger partial charge >= 0.3 is 0 Å². The second kappa shape index (κ2) is 3.99. The van der Waals surface area contributed by atoms with Crippen LogP contribution in [0, 0.1) is 0 Å². The topological polar surface area (TPSA) is 106 Å². The van der Waals surface area contributed by atoms with Gasteiger partial charge in [-0.1, -0.05) is 0 Å². The average molecular weight is 243 g/mol. The lowest BCUT2D eigenvalue weighted by atomic mass is 10.1. The summed E-state index contributed by atoms with van der Waals surface area (Å²) in [7, 11) is -2.97. The van der Waals surface area contributed by atoms with Crippen molar-refractivity contribution >= 4 is 9.84 Å². The predicted octanol–water partition coefficient (Wildman–Crippen LogP) is -0.869. The van der Waals surface area contributed by atoms with Gasteiger partial charge in [0.25, 0.3) is 5.56 Å². The molecule has 0 bridgehead atoms. The van der Waals surface area contributed by atoms with Crippen molar-refractivity contribution in [2.75, 3.05) is 11.5 Å². The Morgan fingerprint density at radius 1 is 1.56 bits per heavy atom. The summed E-state index contributed by atoms with van der Waals surface area (Å²) in [6.45, 7) is 0.177. The number of aromatic amines is 1. The van der Waals surface area contributed by atoms with Crippen molar-refractivity contribution in [2.45, 2.75) is 18.9 Å². The van der Waals surface area contributed by atoms with E-state index >= 15 is 0 Å². The SMILES string of the molecule is NCc1cc(=O)[nH]c(C2CCS(=O)(=O)C2)n1. The number of hydrogen-bond donors (Lipinski definition) is 2. The highest BCUT2D eigenvalue weighted by atomic mass is 32.2. The first-order chi connectivity index (χ1) is 7.50. The van der Waals surface area contributed by atoms with Crippen LogP contribution in [0.5, 0.6) is 0 Å². The molecule has 1 aromatic rings. The zero-order valence-corrected chi connectivity index (χ0v) is 9.46. The highest BCUT2D eigenvalue weighted by Crippen LogP contribution is 2.25. The number of sulfone groups is 1. The molecule has 1 aliphatic heterocycles. The lowest BCUT2D eigenvalue weighted by Crippen LogP contribution is -2.18. The first-order valence-electron chi connectivity index (χ1n) is 5.01. The molecule has 0 radical (unpaired) electrons. The first-order valence-corrected chi connectivity index (χ1v) is 6.83. The molecule has 0 spiro atoms. The Balaban J connectivity index is 2.35. The van der Waals surface area contributed by atoms with Gasteiger partial charge in [-0.2, -0.15) is 0 Å². The van der Waals surface area contributed by atoms with Gasteiger partial charge in [0, 0.05) is 18.5 Å². The van der Waals surface area contributed by atoms with Crippen LogP contribution in [0.4, 0.5) is 0 Å². The molecule has 1 unspecified atom stereocenters. The van der Waals surface area contributed by atoms with Crippen LogP contribution in [0.15, 0.2) is 10.9 Å². The molecule has 6 nitrogen and oxygen atoms in total. The molecule has 1 fully saturated rings. The summed E-state index contributed by atoms with van der Waals surface area (Å²) in [4.78, 5) is 18.0. The number of rotatable bonds is 2. The zero-order valence-electron chi connectivity index (χ0n) is 8.64. The summed E-state index contributed by atoms with van der Waals surface area (Å²) in [6, 6.07) is 1.33. The van der Waals surface area contributed by atoms with Gasteiger partial charge in [-0.25, -0.2) is 13.4 Å². The van der Waals surface area contributed by atoms with E-state index in [1.807, 2.05) is 0 Å². The molecule has 2 rings (SSSR count). The Hall–Kier alpha value is -1.21. The minimum absolute atomic E-state index is 0.0595. The zero-order chi connectivity index (χ0) is 11.8. The second-order valence-electron chi connectivity index (χ2n) is 3.93. The fourth-order valence-electron chi connectivity index (χ4n) is 1.84. The van der Waals surface area contributed by atoms with E-state index < -0.39 is 9.84 Å². The van der Waals surface area contributed by atoms with Gasteiger partial charge in [-0.15, -0.1) is 0 Å². The van der Waals surface area contributed by atoms with Gasteiger partial charge in [-0.3, -0.25) is 4.79 Å². The van der Waals surface area contributed by atoms with E-state index in [1.165, 1.54) is 6.07 Å². The summed E-state index contributed by atoms with van der Waals surface area (Å²) >= 11 is 0. The van der Waals surface area contributed by atoms with Gasteiger partial charge in [-0.05, 0) is 6.42 Å². The molecule has 1 atom stereocenters. The molecule has 0 amide bonds. The fourth-order valence-corrected chi connectivity index (χ4v) is 3.59. The van der Waals surface area contributed by atoms with Gasteiger partial charge in [0.1, 0.15) is 5.82 Å². The number of hydrogen-bond acceptors (Lipinski definition) is 5. The molecular weight excluding hydrogens is 230 g/mol. The minimum Gasteiger partial charge on any atom is -0.325 e. The van der Waals surface area contributed by atoms with Crippen molar-refractivity contribution < 1.29 is 8.42 Å². The quantitative estimate of drug-likeness (QED) is 0.702. The summed E-state index contributed by atoms with van der Waals surface area (Å²) in [5.74, 6) is 0.455. The van der Waals surface area contributed by atoms with Crippen molar-refractivity contribution in [1.82, 2.24) is 9.97 Å². The number of aromatic nitrogens is 2. The van der Waals surface area contributed by atoms with Crippen molar-refractivity contribution in [3.8, 4) is 0 Å². The summed E-state index contributed by atoms with van der Waals surface area (Å²) in [5, 5.41) is 0. The van der Waals surface area contributed by atoms with Gasteiger partial charge in [0.2, 0.25) is 0 Å². The molecule has 0 aromatic carbocycles. The Morgan fingerprint density at radius 2 is 2.31 bits per heavy atom. The van der Waals surface area contributed by atoms with Gasteiger partial charge < -0.3 is 10.7 Å². The van der Waals surface area contributed by atoms with E-state index in [1.54, 1.807) is 0 Å². The van der Waals surface area contributed by atoms with Crippen LogP contribution >= 0.6 is 0 Å². The van der Waals surface area contributed by atoms with Crippen molar-refractivity contribution in [1.29, 1.82) is 0 Å². The molecule has 0 saturated carbocycles. The van der Waals surface area contributed by atoms with E-state index in [0.29, 0.717) is 17.9 Å². The monoisotopic (exact) mass is 243 g/mol. The lowest BCUT2D eigenvalue weighted by molar-refractivity contribution is 0.601. The maximum atomic E-state index is 11.3. The van der Waals surface area contributed by atoms with E-state index in [-0.39, 0.29) is 29.5 Å². The van der Waals surface area contributed by atoms with E-state index in [2.05, 4.69) is 9.97 Å². The van der Waals surface area contributed by atoms with Crippen LogP contribution in [0.3, 0.4) is 0 Å². The maximum Gasteiger partial charge on any atom is 0.251 e. The Kier molecular flexibility index (Phi) is 2.81. The molecule has 1 aromatic heterocycles. The molecule has 88 valence electrons. The van der Waals surface area contributed by atoms with Crippen LogP contribution in [0.1, 0.15) is 23.9 Å². The Morgan fingerprint density at radius 3 is 2.88 bits per heavy atom. The third-order valence-corrected chi connectivity index (χ3v) is 4.41. The van der Waals surface area contributed by atoms with Crippen molar-refractivity contribution in [3.63, 3.8) is 0 Å². The summed E-state index contributed by atoms with van der Waals surface area (Å²) in [6.07, 6.45) is 0.513. The largest absolute Gasteiger partial charge is 0.325 e. The summed E-state index contributed by atoms with van der Waals surface area (Å²) < 4.78 is 22.6. The second-order valence-corrected chi connectivity index (χ2v) is 6.15. The number of H-pyrrole nitrogens is 1. The predicted molar refractivity (Wildman–Crippen MR) is 58.8 cm³/mol. The van der Waals surface area contributed by atoms with Crippen LogP contribution in [0.25, 0.3) is 0 Å². The van der Waals surface area contributed by atoms with Gasteiger partial charge in [0.15, 0.2) is 9.84 Å². The van der Waals surface area contributed by atoms with Crippen molar-refractivity contribution in [3.05, 3.63) is 27.9 Å². The van der Waals surface area contributed by atoms with Crippen LogP contribution < -0.4 is 11.3 Å². The smallest absolute Gasteiger partial charge is 0.251 e. The van der Waals surface area contributed by atoms with Crippen LogP contribution in [-0.4, -0.2) is 29.9 Å². The number of nitrogens with two attached hydrogens (primary N) is 1. The molecule has 3 N–H and O–H groups in total. The number of nitrogens with one attached hydrogen (secondary N) is 1. The molecular formula is C9H13N3O3S. The lowest BCUT2D eigenvalue weighted by Gasteiger charge is -2.07. The summed E-state index contributed by atoms with van der Waals surface area (Å²) in [5.41, 5.74) is 5.61. The molecule has 1 saturated heterocycles. The highest BCUT2D eigenvalue weighted by Gasteiger charge is 2.30. The fraction of sp³-hybridized carbons (Fsp3) is 0.556. The Bertz CT molecular complexity index is 549. The van der Waals surface area contributed by atoms with E-state index in [9.17, 15) is 13.2 Å². The standard InChI is InChI=1S/C9H13N3O3S/c10-4-7-3-8(13)12-9(11-7)6-1-2-16(14,15)5-6/h3,6H,1-2,4-5,10H2,(H,11,12,13). The Labute approximate surface area is 92.8 Å².